The quantitative estimate of drug-likeness (QED) is 0.248. The average molecular weight is 486 g/mol. The zero-order chi connectivity index (χ0) is 25.7. The van der Waals surface area contributed by atoms with Crippen molar-refractivity contribution < 1.29 is 4.79 Å². The van der Waals surface area contributed by atoms with Crippen LogP contribution in [0.25, 0.3) is 16.7 Å². The van der Waals surface area contributed by atoms with E-state index in [9.17, 15) is 9.59 Å². The molecule has 0 spiro atoms. The molecule has 0 aliphatic carbocycles. The van der Waals surface area contributed by atoms with Gasteiger partial charge in [0.1, 0.15) is 16.8 Å². The molecule has 0 saturated heterocycles. The van der Waals surface area contributed by atoms with Gasteiger partial charge in [0.15, 0.2) is 0 Å². The summed E-state index contributed by atoms with van der Waals surface area (Å²) in [7, 11) is 0. The first-order valence-electron chi connectivity index (χ1n) is 12.8. The Hall–Kier alpha value is -3.74. The van der Waals surface area contributed by atoms with E-state index in [0.29, 0.717) is 29.8 Å². The monoisotopic (exact) mass is 485 g/mol. The lowest BCUT2D eigenvalue weighted by atomic mass is 10.1. The number of pyridine rings is 2. The zero-order valence-corrected chi connectivity index (χ0v) is 21.4. The molecule has 3 heterocycles. The minimum Gasteiger partial charge on any atom is -0.352 e. The molecular formula is C29H35N5O2. The van der Waals surface area contributed by atoms with Crippen molar-refractivity contribution in [3.8, 4) is 0 Å². The van der Waals surface area contributed by atoms with E-state index in [1.807, 2.05) is 50.2 Å². The highest BCUT2D eigenvalue weighted by Crippen LogP contribution is 2.15. The van der Waals surface area contributed by atoms with E-state index in [4.69, 9.17) is 10.4 Å². The van der Waals surface area contributed by atoms with Crippen LogP contribution in [0.15, 0.2) is 53.5 Å². The van der Waals surface area contributed by atoms with Gasteiger partial charge in [-0.3, -0.25) is 19.4 Å². The molecular weight excluding hydrogens is 450 g/mol. The molecule has 1 aromatic carbocycles. The molecule has 3 aromatic heterocycles. The Labute approximate surface area is 211 Å². The second kappa shape index (κ2) is 11.3. The Morgan fingerprint density at radius 1 is 1.00 bits per heavy atom. The maximum Gasteiger partial charge on any atom is 0.267 e. The van der Waals surface area contributed by atoms with Gasteiger partial charge in [-0.05, 0) is 43.5 Å². The molecule has 0 atom stereocenters. The third-order valence-electron chi connectivity index (χ3n) is 6.66. The van der Waals surface area contributed by atoms with Crippen molar-refractivity contribution >= 4 is 22.6 Å². The summed E-state index contributed by atoms with van der Waals surface area (Å²) in [6.45, 7) is 7.01. The molecule has 0 radical (unpaired) electrons. The largest absolute Gasteiger partial charge is 0.352 e. The molecule has 0 aliphatic heterocycles. The molecule has 0 saturated carbocycles. The maximum absolute atomic E-state index is 13.5. The van der Waals surface area contributed by atoms with Crippen LogP contribution in [0.1, 0.15) is 72.5 Å². The predicted octanol–water partition coefficient (Wildman–Crippen LogP) is 4.88. The molecule has 188 valence electrons. The Morgan fingerprint density at radius 3 is 2.47 bits per heavy atom. The molecule has 4 rings (SSSR count). The highest BCUT2D eigenvalue weighted by atomic mass is 16.1. The van der Waals surface area contributed by atoms with Crippen molar-refractivity contribution in [1.82, 2.24) is 19.3 Å². The van der Waals surface area contributed by atoms with E-state index in [1.54, 1.807) is 10.8 Å². The fourth-order valence-electron chi connectivity index (χ4n) is 4.50. The van der Waals surface area contributed by atoms with Gasteiger partial charge in [0.25, 0.3) is 11.5 Å². The summed E-state index contributed by atoms with van der Waals surface area (Å²) in [5.41, 5.74) is 3.92. The number of unbranched alkanes of at least 4 members (excludes halogenated alkanes) is 5. The van der Waals surface area contributed by atoms with E-state index in [-0.39, 0.29) is 22.5 Å². The van der Waals surface area contributed by atoms with Crippen LogP contribution in [-0.2, 0) is 6.54 Å². The van der Waals surface area contributed by atoms with Gasteiger partial charge in [-0.15, -0.1) is 0 Å². The first-order chi connectivity index (χ1) is 17.4. The van der Waals surface area contributed by atoms with Gasteiger partial charge >= 0.3 is 0 Å². The molecule has 0 unspecified atom stereocenters. The molecule has 0 bridgehead atoms. The summed E-state index contributed by atoms with van der Waals surface area (Å²) in [5.74, 6) is -0.332. The summed E-state index contributed by atoms with van der Waals surface area (Å²) < 4.78 is 3.18. The second-order valence-corrected chi connectivity index (χ2v) is 9.54. The topological polar surface area (TPSA) is 92.2 Å². The molecule has 4 aromatic rings. The molecule has 36 heavy (non-hydrogen) atoms. The Bertz CT molecular complexity index is 1500. The van der Waals surface area contributed by atoms with Crippen molar-refractivity contribution in [3.63, 3.8) is 0 Å². The Balaban J connectivity index is 1.75. The van der Waals surface area contributed by atoms with Crippen LogP contribution >= 0.6 is 0 Å². The summed E-state index contributed by atoms with van der Waals surface area (Å²) in [6, 6.07) is 13.3. The third-order valence-corrected chi connectivity index (χ3v) is 6.66. The number of fused-ring (bicyclic) bond motifs is 2. The normalized spacial score (nSPS) is 11.3. The van der Waals surface area contributed by atoms with Crippen LogP contribution in [0.2, 0.25) is 0 Å². The first-order valence-corrected chi connectivity index (χ1v) is 12.8. The van der Waals surface area contributed by atoms with E-state index in [1.165, 1.54) is 29.7 Å². The van der Waals surface area contributed by atoms with E-state index >= 15 is 0 Å². The molecule has 1 amide bonds. The van der Waals surface area contributed by atoms with Crippen LogP contribution in [0.5, 0.6) is 0 Å². The molecule has 7 heteroatoms. The van der Waals surface area contributed by atoms with Gasteiger partial charge in [-0.25, -0.2) is 4.98 Å². The van der Waals surface area contributed by atoms with Crippen molar-refractivity contribution in [1.29, 1.82) is 5.41 Å². The highest BCUT2D eigenvalue weighted by Gasteiger charge is 2.18. The minimum absolute atomic E-state index is 0.0494. The van der Waals surface area contributed by atoms with E-state index in [2.05, 4.69) is 12.2 Å². The van der Waals surface area contributed by atoms with Crippen LogP contribution in [0, 0.1) is 19.3 Å². The van der Waals surface area contributed by atoms with Gasteiger partial charge in [0.05, 0.1) is 17.5 Å². The Morgan fingerprint density at radius 2 is 1.72 bits per heavy atom. The number of nitrogens with one attached hydrogen (secondary N) is 2. The second-order valence-electron chi connectivity index (χ2n) is 9.54. The van der Waals surface area contributed by atoms with Gasteiger partial charge in [-0.2, -0.15) is 0 Å². The number of aromatic nitrogens is 3. The standard InChI is InChI=1S/C29H35N5O2/c1-4-5-6-7-8-9-16-31-28(35)23-18-24-27(32-26-21(3)11-10-17-33(26)29(24)36)34(25(23)30)19-22-14-12-20(2)13-15-22/h10-15,17-18,30H,4-9,16,19H2,1-3H3,(H,31,35). The minimum atomic E-state index is -0.332. The van der Waals surface area contributed by atoms with Crippen LogP contribution in [0.4, 0.5) is 0 Å². The fourth-order valence-corrected chi connectivity index (χ4v) is 4.50. The van der Waals surface area contributed by atoms with Crippen molar-refractivity contribution in [2.24, 2.45) is 0 Å². The molecule has 2 N–H and O–H groups in total. The van der Waals surface area contributed by atoms with E-state index in [0.717, 1.165) is 36.0 Å². The van der Waals surface area contributed by atoms with Crippen molar-refractivity contribution in [2.45, 2.75) is 65.8 Å². The average Bonchev–Trinajstić information content (AvgIpc) is 2.87. The molecule has 7 nitrogen and oxygen atoms in total. The van der Waals surface area contributed by atoms with Gasteiger partial charge in [0, 0.05) is 12.7 Å². The maximum atomic E-state index is 13.5. The highest BCUT2D eigenvalue weighted by molar-refractivity contribution is 5.96. The van der Waals surface area contributed by atoms with Gasteiger partial charge in [-0.1, -0.05) is 74.9 Å². The van der Waals surface area contributed by atoms with Crippen LogP contribution in [0.3, 0.4) is 0 Å². The smallest absolute Gasteiger partial charge is 0.267 e. The van der Waals surface area contributed by atoms with Crippen molar-refractivity contribution in [2.75, 3.05) is 6.54 Å². The summed E-state index contributed by atoms with van der Waals surface area (Å²) in [5, 5.41) is 12.2. The number of hydrogen-bond donors (Lipinski definition) is 2. The number of carbonyl (C=O) groups excluding carboxylic acids is 1. The third kappa shape index (κ3) is 5.40. The molecule has 0 aliphatic rings. The van der Waals surface area contributed by atoms with Crippen LogP contribution < -0.4 is 16.4 Å². The lowest BCUT2D eigenvalue weighted by molar-refractivity contribution is 0.0950. The number of rotatable bonds is 10. The number of amides is 1. The Kier molecular flexibility index (Phi) is 7.98. The summed E-state index contributed by atoms with van der Waals surface area (Å²) >= 11 is 0. The van der Waals surface area contributed by atoms with E-state index < -0.39 is 0 Å². The number of nitrogens with zero attached hydrogens (tertiary/aromatic N) is 3. The first kappa shape index (κ1) is 25.4. The number of hydrogen-bond acceptors (Lipinski definition) is 4. The summed E-state index contributed by atoms with van der Waals surface area (Å²) in [6.07, 6.45) is 8.48. The number of benzene rings is 1. The predicted molar refractivity (Wildman–Crippen MR) is 144 cm³/mol. The van der Waals surface area contributed by atoms with Crippen LogP contribution in [-0.4, -0.2) is 26.4 Å². The number of carbonyl (C=O) groups is 1. The lowest BCUT2D eigenvalue weighted by Gasteiger charge is -2.15. The lowest BCUT2D eigenvalue weighted by Crippen LogP contribution is -2.35. The number of aryl methyl sites for hydroxylation is 2. The summed E-state index contributed by atoms with van der Waals surface area (Å²) in [4.78, 5) is 31.4. The molecule has 0 fully saturated rings. The zero-order valence-electron chi connectivity index (χ0n) is 21.4. The fraction of sp³-hybridized carbons (Fsp3) is 0.379. The van der Waals surface area contributed by atoms with Gasteiger partial charge < -0.3 is 9.88 Å². The van der Waals surface area contributed by atoms with Crippen molar-refractivity contribution in [3.05, 3.63) is 86.8 Å². The van der Waals surface area contributed by atoms with Gasteiger partial charge in [0.2, 0.25) is 0 Å². The SMILES string of the molecule is CCCCCCCCNC(=O)c1cc2c(=O)n3cccc(C)c3nc2n(Cc2ccc(C)cc2)c1=N.